The van der Waals surface area contributed by atoms with E-state index < -0.39 is 0 Å². The summed E-state index contributed by atoms with van der Waals surface area (Å²) in [5.74, 6) is 1.78. The van der Waals surface area contributed by atoms with Gasteiger partial charge >= 0.3 is 0 Å². The highest BCUT2D eigenvalue weighted by molar-refractivity contribution is 5.95. The Hall–Kier alpha value is -2.76. The Labute approximate surface area is 164 Å². The van der Waals surface area contributed by atoms with Crippen LogP contribution in [0.2, 0.25) is 0 Å². The molecule has 0 aliphatic carbocycles. The maximum atomic E-state index is 13.2. The second-order valence-electron chi connectivity index (χ2n) is 7.44. The van der Waals surface area contributed by atoms with Crippen molar-refractivity contribution < 1.29 is 14.3 Å². The number of amides is 1. The number of benzene rings is 1. The fourth-order valence-corrected chi connectivity index (χ4v) is 4.43. The number of piperidine rings is 1. The molecule has 1 saturated heterocycles. The second-order valence-corrected chi connectivity index (χ2v) is 7.44. The molecule has 1 aromatic carbocycles. The zero-order valence-corrected chi connectivity index (χ0v) is 16.4. The molecule has 2 atom stereocenters. The number of likely N-dealkylation sites (tertiary alicyclic amines) is 1. The lowest BCUT2D eigenvalue weighted by molar-refractivity contribution is 0.0594. The van der Waals surface area contributed by atoms with Gasteiger partial charge in [-0.05, 0) is 50.5 Å². The van der Waals surface area contributed by atoms with Gasteiger partial charge in [-0.25, -0.2) is 0 Å². The normalized spacial score (nSPS) is 20.4. The molecule has 0 spiro atoms. The van der Waals surface area contributed by atoms with Crippen molar-refractivity contribution >= 4 is 5.91 Å². The number of hydrogen-bond donors (Lipinski definition) is 0. The van der Waals surface area contributed by atoms with E-state index >= 15 is 0 Å². The predicted molar refractivity (Wildman–Crippen MR) is 106 cm³/mol. The summed E-state index contributed by atoms with van der Waals surface area (Å²) in [5.41, 5.74) is 1.71. The van der Waals surface area contributed by atoms with Crippen molar-refractivity contribution in [2.75, 3.05) is 26.3 Å². The van der Waals surface area contributed by atoms with Crippen molar-refractivity contribution in [1.29, 1.82) is 0 Å². The average molecular weight is 382 g/mol. The molecule has 1 amide bonds. The lowest BCUT2D eigenvalue weighted by atomic mass is 9.83. The third-order valence-electron chi connectivity index (χ3n) is 5.56. The SMILES string of the molecule is CCOc1ccc(C(=O)N2CC3CC(C2)c2cccc(=O)n2C3)cc1OCC. The number of aromatic nitrogens is 1. The first kappa shape index (κ1) is 18.6. The number of carbonyl (C=O) groups is 1. The van der Waals surface area contributed by atoms with Gasteiger partial charge in [0.2, 0.25) is 0 Å². The van der Waals surface area contributed by atoms with Crippen molar-refractivity contribution in [3.8, 4) is 11.5 Å². The molecule has 2 unspecified atom stereocenters. The summed E-state index contributed by atoms with van der Waals surface area (Å²) in [5, 5.41) is 0. The van der Waals surface area contributed by atoms with Crippen LogP contribution < -0.4 is 15.0 Å². The van der Waals surface area contributed by atoms with E-state index in [-0.39, 0.29) is 17.4 Å². The molecule has 2 aromatic rings. The Bertz CT molecular complexity index is 936. The summed E-state index contributed by atoms with van der Waals surface area (Å²) in [4.78, 5) is 27.3. The Morgan fingerprint density at radius 2 is 1.82 bits per heavy atom. The molecule has 1 fully saturated rings. The van der Waals surface area contributed by atoms with E-state index in [0.717, 1.165) is 12.1 Å². The van der Waals surface area contributed by atoms with Gasteiger partial charge < -0.3 is 18.9 Å². The van der Waals surface area contributed by atoms with Crippen LogP contribution in [-0.2, 0) is 6.54 Å². The minimum absolute atomic E-state index is 0.00503. The number of carbonyl (C=O) groups excluding carboxylic acids is 1. The van der Waals surface area contributed by atoms with Gasteiger partial charge in [0.15, 0.2) is 11.5 Å². The molecule has 0 radical (unpaired) electrons. The van der Waals surface area contributed by atoms with Gasteiger partial charge in [-0.1, -0.05) is 6.07 Å². The van der Waals surface area contributed by atoms with Crippen LogP contribution in [0.5, 0.6) is 11.5 Å². The maximum absolute atomic E-state index is 13.2. The minimum Gasteiger partial charge on any atom is -0.490 e. The number of hydrogen-bond acceptors (Lipinski definition) is 4. The van der Waals surface area contributed by atoms with Crippen LogP contribution in [0.4, 0.5) is 0 Å². The first-order valence-corrected chi connectivity index (χ1v) is 9.99. The van der Waals surface area contributed by atoms with Crippen LogP contribution in [0.15, 0.2) is 41.2 Å². The fourth-order valence-electron chi connectivity index (χ4n) is 4.43. The standard InChI is InChI=1S/C22H26N2O4/c1-3-27-19-9-8-16(11-20(19)28-4-2)22(26)23-12-15-10-17(14-23)18-6-5-7-21(25)24(18)13-15/h5-9,11,15,17H,3-4,10,12-14H2,1-2H3. The molecule has 2 bridgehead atoms. The van der Waals surface area contributed by atoms with Gasteiger partial charge in [-0.15, -0.1) is 0 Å². The lowest BCUT2D eigenvalue weighted by Crippen LogP contribution is -2.49. The van der Waals surface area contributed by atoms with E-state index in [4.69, 9.17) is 9.47 Å². The summed E-state index contributed by atoms with van der Waals surface area (Å²) in [6, 6.07) is 10.8. The number of pyridine rings is 1. The zero-order valence-electron chi connectivity index (χ0n) is 16.4. The van der Waals surface area contributed by atoms with Crippen molar-refractivity contribution in [1.82, 2.24) is 9.47 Å². The summed E-state index contributed by atoms with van der Waals surface area (Å²) in [6.07, 6.45) is 1.03. The van der Waals surface area contributed by atoms with Gasteiger partial charge in [-0.3, -0.25) is 9.59 Å². The van der Waals surface area contributed by atoms with Crippen LogP contribution in [0, 0.1) is 5.92 Å². The molecule has 0 N–H and O–H groups in total. The molecule has 6 heteroatoms. The van der Waals surface area contributed by atoms with Crippen molar-refractivity contribution in [3.05, 3.63) is 58.0 Å². The smallest absolute Gasteiger partial charge is 0.254 e. The van der Waals surface area contributed by atoms with E-state index in [0.29, 0.717) is 55.8 Å². The van der Waals surface area contributed by atoms with Crippen LogP contribution in [0.3, 0.4) is 0 Å². The molecular formula is C22H26N2O4. The summed E-state index contributed by atoms with van der Waals surface area (Å²) < 4.78 is 13.1. The molecule has 28 heavy (non-hydrogen) atoms. The molecule has 148 valence electrons. The first-order valence-electron chi connectivity index (χ1n) is 9.99. The molecule has 1 aromatic heterocycles. The number of ether oxygens (including phenoxy) is 2. The maximum Gasteiger partial charge on any atom is 0.254 e. The van der Waals surface area contributed by atoms with Crippen LogP contribution in [0.1, 0.15) is 42.2 Å². The van der Waals surface area contributed by atoms with E-state index in [1.54, 1.807) is 24.3 Å². The number of fused-ring (bicyclic) bond motifs is 4. The highest BCUT2D eigenvalue weighted by Gasteiger charge is 2.36. The number of nitrogens with zero attached hydrogens (tertiary/aromatic N) is 2. The Balaban J connectivity index is 1.58. The summed E-state index contributed by atoms with van der Waals surface area (Å²) in [7, 11) is 0. The van der Waals surface area contributed by atoms with E-state index in [1.807, 2.05) is 35.4 Å². The Kier molecular flexibility index (Phi) is 5.11. The van der Waals surface area contributed by atoms with Gasteiger partial charge in [0.1, 0.15) is 0 Å². The Morgan fingerprint density at radius 1 is 1.04 bits per heavy atom. The zero-order chi connectivity index (χ0) is 19.7. The lowest BCUT2D eigenvalue weighted by Gasteiger charge is -2.42. The van der Waals surface area contributed by atoms with Gasteiger partial charge in [-0.2, -0.15) is 0 Å². The summed E-state index contributed by atoms with van der Waals surface area (Å²) >= 11 is 0. The van der Waals surface area contributed by atoms with Crippen molar-refractivity contribution in [2.45, 2.75) is 32.7 Å². The second kappa shape index (κ2) is 7.70. The van der Waals surface area contributed by atoms with Gasteiger partial charge in [0.25, 0.3) is 11.5 Å². The van der Waals surface area contributed by atoms with Crippen molar-refractivity contribution in [3.63, 3.8) is 0 Å². The highest BCUT2D eigenvalue weighted by atomic mass is 16.5. The third-order valence-corrected chi connectivity index (χ3v) is 5.56. The summed E-state index contributed by atoms with van der Waals surface area (Å²) in [6.45, 7) is 6.88. The van der Waals surface area contributed by atoms with E-state index in [9.17, 15) is 9.59 Å². The van der Waals surface area contributed by atoms with Crippen LogP contribution >= 0.6 is 0 Å². The number of rotatable bonds is 5. The Morgan fingerprint density at radius 3 is 2.61 bits per heavy atom. The van der Waals surface area contributed by atoms with E-state index in [1.165, 1.54) is 0 Å². The molecule has 3 heterocycles. The van der Waals surface area contributed by atoms with Crippen molar-refractivity contribution in [2.24, 2.45) is 5.92 Å². The fraction of sp³-hybridized carbons (Fsp3) is 0.455. The first-order chi connectivity index (χ1) is 13.6. The molecule has 4 rings (SSSR count). The molecule has 6 nitrogen and oxygen atoms in total. The predicted octanol–water partition coefficient (Wildman–Crippen LogP) is 2.91. The molecular weight excluding hydrogens is 356 g/mol. The van der Waals surface area contributed by atoms with Crippen LogP contribution in [-0.4, -0.2) is 41.7 Å². The van der Waals surface area contributed by atoms with E-state index in [2.05, 4.69) is 0 Å². The monoisotopic (exact) mass is 382 g/mol. The quantitative estimate of drug-likeness (QED) is 0.798. The van der Waals surface area contributed by atoms with Gasteiger partial charge in [0, 0.05) is 42.9 Å². The molecule has 2 aliphatic heterocycles. The average Bonchev–Trinajstić information content (AvgIpc) is 2.70. The highest BCUT2D eigenvalue weighted by Crippen LogP contribution is 2.36. The molecule has 2 aliphatic rings. The largest absolute Gasteiger partial charge is 0.490 e. The van der Waals surface area contributed by atoms with Gasteiger partial charge in [0.05, 0.1) is 13.2 Å². The molecule has 0 saturated carbocycles. The topological polar surface area (TPSA) is 60.8 Å². The van der Waals surface area contributed by atoms with Crippen LogP contribution in [0.25, 0.3) is 0 Å². The minimum atomic E-state index is 0.00503. The third kappa shape index (κ3) is 3.39.